The molecule has 2 aliphatic rings. The van der Waals surface area contributed by atoms with Crippen molar-refractivity contribution in [3.8, 4) is 0 Å². The fraction of sp³-hybridized carbons (Fsp3) is 0.588. The van der Waals surface area contributed by atoms with Gasteiger partial charge in [0.15, 0.2) is 5.65 Å². The molecular weight excluding hydrogens is 276 g/mol. The lowest BCUT2D eigenvalue weighted by Crippen LogP contribution is -2.32. The molecule has 2 aromatic heterocycles. The van der Waals surface area contributed by atoms with E-state index in [4.69, 9.17) is 4.98 Å². The first kappa shape index (κ1) is 13.7. The Morgan fingerprint density at radius 1 is 1.36 bits per heavy atom. The summed E-state index contributed by atoms with van der Waals surface area (Å²) in [5.41, 5.74) is 3.50. The summed E-state index contributed by atoms with van der Waals surface area (Å²) in [6.07, 6.45) is 6.14. The Kier molecular flexibility index (Phi) is 3.17. The normalized spacial score (nSPS) is 18.5. The molecule has 0 unspecified atom stereocenters. The summed E-state index contributed by atoms with van der Waals surface area (Å²) in [4.78, 5) is 17.4. The van der Waals surface area contributed by atoms with Crippen LogP contribution in [0.4, 0.5) is 0 Å². The number of fused-ring (bicyclic) bond motifs is 1. The molecule has 0 bridgehead atoms. The number of nitrogens with one attached hydrogen (secondary N) is 1. The van der Waals surface area contributed by atoms with Crippen LogP contribution in [0.2, 0.25) is 0 Å². The molecule has 22 heavy (non-hydrogen) atoms. The predicted molar refractivity (Wildman–Crippen MR) is 84.9 cm³/mol. The van der Waals surface area contributed by atoms with Gasteiger partial charge in [0.05, 0.1) is 16.6 Å². The molecule has 2 aromatic rings. The Morgan fingerprint density at radius 3 is 2.77 bits per heavy atom. The summed E-state index contributed by atoms with van der Waals surface area (Å²) < 4.78 is 1.79. The zero-order valence-electron chi connectivity index (χ0n) is 13.2. The molecule has 116 valence electrons. The van der Waals surface area contributed by atoms with Crippen LogP contribution in [0.5, 0.6) is 0 Å². The van der Waals surface area contributed by atoms with E-state index < -0.39 is 0 Å². The number of hydrogen-bond donors (Lipinski definition) is 1. The summed E-state index contributed by atoms with van der Waals surface area (Å²) in [7, 11) is 1.90. The van der Waals surface area contributed by atoms with Gasteiger partial charge in [-0.15, -0.1) is 0 Å². The van der Waals surface area contributed by atoms with E-state index in [0.717, 1.165) is 34.5 Å². The van der Waals surface area contributed by atoms with Crippen molar-refractivity contribution in [3.05, 3.63) is 23.0 Å². The van der Waals surface area contributed by atoms with Gasteiger partial charge in [-0.1, -0.05) is 6.42 Å². The molecule has 0 aromatic carbocycles. The maximum absolute atomic E-state index is 12.7. The Hall–Kier alpha value is -1.91. The summed E-state index contributed by atoms with van der Waals surface area (Å²) >= 11 is 0. The van der Waals surface area contributed by atoms with E-state index in [1.54, 1.807) is 4.68 Å². The van der Waals surface area contributed by atoms with E-state index in [9.17, 15) is 4.79 Å². The molecular formula is C17H22N4O. The van der Waals surface area contributed by atoms with Gasteiger partial charge in [-0.2, -0.15) is 5.10 Å². The minimum Gasteiger partial charge on any atom is -0.352 e. The lowest BCUT2D eigenvalue weighted by molar-refractivity contribution is 0.0940. The molecule has 2 aliphatic carbocycles. The maximum atomic E-state index is 12.7. The standard InChI is InChI=1S/C17H22N4O/c1-10-15-13(17(22)18-9-11-4-3-5-11)8-14(12-6-7-12)19-16(15)21(2)20-10/h8,11-12H,3-7,9H2,1-2H3,(H,18,22). The van der Waals surface area contributed by atoms with Crippen LogP contribution >= 0.6 is 0 Å². The zero-order chi connectivity index (χ0) is 15.3. The van der Waals surface area contributed by atoms with Gasteiger partial charge >= 0.3 is 0 Å². The number of carbonyl (C=O) groups excluding carboxylic acids is 1. The monoisotopic (exact) mass is 298 g/mol. The summed E-state index contributed by atoms with van der Waals surface area (Å²) in [5, 5.41) is 8.46. The van der Waals surface area contributed by atoms with Crippen molar-refractivity contribution in [1.82, 2.24) is 20.1 Å². The molecule has 0 spiro atoms. The molecule has 5 nitrogen and oxygen atoms in total. The largest absolute Gasteiger partial charge is 0.352 e. The van der Waals surface area contributed by atoms with E-state index in [0.29, 0.717) is 11.8 Å². The van der Waals surface area contributed by atoms with E-state index in [1.807, 2.05) is 20.0 Å². The van der Waals surface area contributed by atoms with Crippen molar-refractivity contribution in [2.75, 3.05) is 6.54 Å². The van der Waals surface area contributed by atoms with Crippen molar-refractivity contribution in [1.29, 1.82) is 0 Å². The van der Waals surface area contributed by atoms with Gasteiger partial charge < -0.3 is 5.32 Å². The second kappa shape index (κ2) is 5.07. The smallest absolute Gasteiger partial charge is 0.252 e. The van der Waals surface area contributed by atoms with Crippen molar-refractivity contribution in [2.24, 2.45) is 13.0 Å². The van der Waals surface area contributed by atoms with Crippen LogP contribution in [0.25, 0.3) is 11.0 Å². The Bertz CT molecular complexity index is 741. The van der Waals surface area contributed by atoms with Crippen LogP contribution < -0.4 is 5.32 Å². The predicted octanol–water partition coefficient (Wildman–Crippen LogP) is 2.68. The topological polar surface area (TPSA) is 59.8 Å². The van der Waals surface area contributed by atoms with Gasteiger partial charge in [0.1, 0.15) is 0 Å². The number of nitrogens with zero attached hydrogens (tertiary/aromatic N) is 3. The van der Waals surface area contributed by atoms with Crippen LogP contribution in [0.1, 0.15) is 59.8 Å². The maximum Gasteiger partial charge on any atom is 0.252 e. The van der Waals surface area contributed by atoms with Crippen LogP contribution in [-0.2, 0) is 7.05 Å². The van der Waals surface area contributed by atoms with Crippen molar-refractivity contribution in [3.63, 3.8) is 0 Å². The van der Waals surface area contributed by atoms with Gasteiger partial charge in [0, 0.05) is 25.2 Å². The van der Waals surface area contributed by atoms with Crippen LogP contribution in [0.3, 0.4) is 0 Å². The summed E-state index contributed by atoms with van der Waals surface area (Å²) in [6.45, 7) is 2.74. The van der Waals surface area contributed by atoms with Crippen molar-refractivity contribution < 1.29 is 4.79 Å². The molecule has 2 saturated carbocycles. The molecule has 2 heterocycles. The van der Waals surface area contributed by atoms with Crippen molar-refractivity contribution >= 4 is 16.9 Å². The minimum absolute atomic E-state index is 0.0253. The minimum atomic E-state index is 0.0253. The van der Waals surface area contributed by atoms with E-state index >= 15 is 0 Å². The van der Waals surface area contributed by atoms with E-state index in [1.165, 1.54) is 32.1 Å². The van der Waals surface area contributed by atoms with Crippen LogP contribution in [0.15, 0.2) is 6.07 Å². The Labute approximate surface area is 130 Å². The highest BCUT2D eigenvalue weighted by molar-refractivity contribution is 6.06. The summed E-state index contributed by atoms with van der Waals surface area (Å²) in [6, 6.07) is 1.99. The average molecular weight is 298 g/mol. The number of aryl methyl sites for hydroxylation is 2. The highest BCUT2D eigenvalue weighted by atomic mass is 16.1. The van der Waals surface area contributed by atoms with Crippen molar-refractivity contribution in [2.45, 2.75) is 44.9 Å². The van der Waals surface area contributed by atoms with Crippen LogP contribution in [-0.4, -0.2) is 27.2 Å². The molecule has 0 saturated heterocycles. The SMILES string of the molecule is Cc1nn(C)c2nc(C3CC3)cc(C(=O)NCC3CCC3)c12. The zero-order valence-corrected chi connectivity index (χ0v) is 13.2. The lowest BCUT2D eigenvalue weighted by atomic mass is 9.85. The second-order valence-electron chi connectivity index (χ2n) is 6.78. The van der Waals surface area contributed by atoms with Gasteiger partial charge in [0.25, 0.3) is 5.91 Å². The third-order valence-electron chi connectivity index (χ3n) is 5.00. The van der Waals surface area contributed by atoms with Gasteiger partial charge in [-0.3, -0.25) is 9.48 Å². The fourth-order valence-corrected chi connectivity index (χ4v) is 3.26. The molecule has 0 aliphatic heterocycles. The number of pyridine rings is 1. The second-order valence-corrected chi connectivity index (χ2v) is 6.78. The summed E-state index contributed by atoms with van der Waals surface area (Å²) in [5.74, 6) is 1.22. The molecule has 5 heteroatoms. The Balaban J connectivity index is 1.71. The number of hydrogen-bond acceptors (Lipinski definition) is 3. The third-order valence-corrected chi connectivity index (χ3v) is 5.00. The quantitative estimate of drug-likeness (QED) is 0.944. The van der Waals surface area contributed by atoms with E-state index in [2.05, 4.69) is 10.4 Å². The number of aromatic nitrogens is 3. The van der Waals surface area contributed by atoms with Crippen LogP contribution in [0, 0.1) is 12.8 Å². The number of rotatable bonds is 4. The van der Waals surface area contributed by atoms with Gasteiger partial charge in [0.2, 0.25) is 0 Å². The number of carbonyl (C=O) groups is 1. The molecule has 4 rings (SSSR count). The fourth-order valence-electron chi connectivity index (χ4n) is 3.26. The molecule has 1 amide bonds. The van der Waals surface area contributed by atoms with Gasteiger partial charge in [-0.05, 0) is 44.6 Å². The Morgan fingerprint density at radius 2 is 2.14 bits per heavy atom. The first-order chi connectivity index (χ1) is 10.6. The molecule has 2 fully saturated rings. The first-order valence-corrected chi connectivity index (χ1v) is 8.26. The lowest BCUT2D eigenvalue weighted by Gasteiger charge is -2.25. The highest BCUT2D eigenvalue weighted by Crippen LogP contribution is 2.40. The van der Waals surface area contributed by atoms with E-state index in [-0.39, 0.29) is 5.91 Å². The molecule has 0 radical (unpaired) electrons. The average Bonchev–Trinajstić information content (AvgIpc) is 3.24. The molecule has 0 atom stereocenters. The van der Waals surface area contributed by atoms with Gasteiger partial charge in [-0.25, -0.2) is 4.98 Å². The molecule has 1 N–H and O–H groups in total. The number of amides is 1. The first-order valence-electron chi connectivity index (χ1n) is 8.26. The highest BCUT2D eigenvalue weighted by Gasteiger charge is 2.28. The third kappa shape index (κ3) is 2.28.